The summed E-state index contributed by atoms with van der Waals surface area (Å²) in [5.74, 6) is -0.946. The summed E-state index contributed by atoms with van der Waals surface area (Å²) in [6.07, 6.45) is 0.621. The standard InChI is InChI=1S/C9H16O5/c10-3-6-14-8(9(11)12)7-1-4-13-5-2-7/h7-8,10H,1-6H2,(H,11,12). The minimum Gasteiger partial charge on any atom is -0.479 e. The molecular formula is C9H16O5. The quantitative estimate of drug-likeness (QED) is 0.652. The zero-order valence-electron chi connectivity index (χ0n) is 8.02. The van der Waals surface area contributed by atoms with E-state index in [0.29, 0.717) is 26.1 Å². The minimum atomic E-state index is -0.953. The molecule has 0 amide bonds. The molecule has 14 heavy (non-hydrogen) atoms. The number of rotatable bonds is 5. The molecule has 82 valence electrons. The van der Waals surface area contributed by atoms with E-state index in [1.807, 2.05) is 0 Å². The largest absolute Gasteiger partial charge is 0.479 e. The molecule has 5 heteroatoms. The van der Waals surface area contributed by atoms with Crippen molar-refractivity contribution in [1.82, 2.24) is 0 Å². The molecular weight excluding hydrogens is 188 g/mol. The maximum Gasteiger partial charge on any atom is 0.333 e. The second kappa shape index (κ2) is 5.95. The van der Waals surface area contributed by atoms with E-state index in [1.54, 1.807) is 0 Å². The van der Waals surface area contributed by atoms with Gasteiger partial charge in [-0.3, -0.25) is 0 Å². The average Bonchev–Trinajstić information content (AvgIpc) is 2.19. The number of aliphatic hydroxyl groups is 1. The van der Waals surface area contributed by atoms with Crippen LogP contribution in [-0.4, -0.2) is 48.7 Å². The van der Waals surface area contributed by atoms with E-state index in [4.69, 9.17) is 19.7 Å². The Bertz CT molecular complexity index is 176. The maximum absolute atomic E-state index is 10.9. The summed E-state index contributed by atoms with van der Waals surface area (Å²) in [6, 6.07) is 0. The van der Waals surface area contributed by atoms with E-state index in [0.717, 1.165) is 0 Å². The van der Waals surface area contributed by atoms with Crippen molar-refractivity contribution in [2.75, 3.05) is 26.4 Å². The van der Waals surface area contributed by atoms with Gasteiger partial charge in [-0.2, -0.15) is 0 Å². The van der Waals surface area contributed by atoms with Crippen LogP contribution < -0.4 is 0 Å². The molecule has 1 unspecified atom stereocenters. The molecule has 0 radical (unpaired) electrons. The monoisotopic (exact) mass is 204 g/mol. The van der Waals surface area contributed by atoms with E-state index < -0.39 is 12.1 Å². The van der Waals surface area contributed by atoms with Gasteiger partial charge in [0.2, 0.25) is 0 Å². The molecule has 0 aromatic rings. The predicted molar refractivity (Wildman–Crippen MR) is 48.0 cm³/mol. The van der Waals surface area contributed by atoms with E-state index in [1.165, 1.54) is 0 Å². The fourth-order valence-electron chi connectivity index (χ4n) is 1.61. The van der Waals surface area contributed by atoms with Crippen molar-refractivity contribution in [3.8, 4) is 0 Å². The van der Waals surface area contributed by atoms with Crippen LogP contribution in [0.4, 0.5) is 0 Å². The first kappa shape index (κ1) is 11.4. The normalized spacial score (nSPS) is 20.6. The first-order valence-corrected chi connectivity index (χ1v) is 4.78. The third-order valence-corrected chi connectivity index (χ3v) is 2.33. The Kier molecular flexibility index (Phi) is 4.86. The highest BCUT2D eigenvalue weighted by molar-refractivity contribution is 5.72. The van der Waals surface area contributed by atoms with Crippen molar-refractivity contribution >= 4 is 5.97 Å². The van der Waals surface area contributed by atoms with Crippen LogP contribution in [0.3, 0.4) is 0 Å². The second-order valence-electron chi connectivity index (χ2n) is 3.30. The summed E-state index contributed by atoms with van der Waals surface area (Å²) in [4.78, 5) is 10.9. The molecule has 1 aliphatic rings. The van der Waals surface area contributed by atoms with E-state index in [9.17, 15) is 4.79 Å². The molecule has 1 fully saturated rings. The molecule has 0 aromatic carbocycles. The Labute approximate surface area is 82.6 Å². The third-order valence-electron chi connectivity index (χ3n) is 2.33. The Morgan fingerprint density at radius 3 is 2.64 bits per heavy atom. The zero-order valence-corrected chi connectivity index (χ0v) is 8.02. The van der Waals surface area contributed by atoms with Gasteiger partial charge in [-0.05, 0) is 12.8 Å². The number of aliphatic carboxylic acids is 1. The molecule has 1 heterocycles. The zero-order chi connectivity index (χ0) is 10.4. The average molecular weight is 204 g/mol. The van der Waals surface area contributed by atoms with Gasteiger partial charge in [0.25, 0.3) is 0 Å². The molecule has 1 atom stereocenters. The maximum atomic E-state index is 10.9. The van der Waals surface area contributed by atoms with Gasteiger partial charge in [0.1, 0.15) is 0 Å². The fraction of sp³-hybridized carbons (Fsp3) is 0.889. The van der Waals surface area contributed by atoms with Crippen molar-refractivity contribution in [3.05, 3.63) is 0 Å². The smallest absolute Gasteiger partial charge is 0.333 e. The molecule has 0 bridgehead atoms. The summed E-state index contributed by atoms with van der Waals surface area (Å²) < 4.78 is 10.2. The van der Waals surface area contributed by atoms with Gasteiger partial charge in [-0.1, -0.05) is 0 Å². The molecule has 1 aliphatic heterocycles. The Hall–Kier alpha value is -0.650. The van der Waals surface area contributed by atoms with Crippen LogP contribution in [0.5, 0.6) is 0 Å². The van der Waals surface area contributed by atoms with Gasteiger partial charge in [-0.25, -0.2) is 4.79 Å². The van der Waals surface area contributed by atoms with Gasteiger partial charge in [0.05, 0.1) is 13.2 Å². The summed E-state index contributed by atoms with van der Waals surface area (Å²) in [5.41, 5.74) is 0. The SMILES string of the molecule is O=C(O)C(OCCO)C1CCOCC1. The molecule has 5 nitrogen and oxygen atoms in total. The highest BCUT2D eigenvalue weighted by Crippen LogP contribution is 2.21. The van der Waals surface area contributed by atoms with Crippen molar-refractivity contribution in [2.45, 2.75) is 18.9 Å². The number of carboxylic acids is 1. The highest BCUT2D eigenvalue weighted by atomic mass is 16.5. The van der Waals surface area contributed by atoms with Crippen LogP contribution in [0.2, 0.25) is 0 Å². The van der Waals surface area contributed by atoms with E-state index >= 15 is 0 Å². The van der Waals surface area contributed by atoms with E-state index in [-0.39, 0.29) is 19.1 Å². The molecule has 0 spiro atoms. The van der Waals surface area contributed by atoms with Gasteiger partial charge in [-0.15, -0.1) is 0 Å². The number of carbonyl (C=O) groups is 1. The van der Waals surface area contributed by atoms with Crippen LogP contribution >= 0.6 is 0 Å². The number of hydrogen-bond donors (Lipinski definition) is 2. The first-order chi connectivity index (χ1) is 6.75. The van der Waals surface area contributed by atoms with Crippen LogP contribution in [0, 0.1) is 5.92 Å². The minimum absolute atomic E-state index is 0.00722. The molecule has 1 saturated heterocycles. The predicted octanol–water partition coefficient (Wildman–Crippen LogP) is -0.125. The van der Waals surface area contributed by atoms with Gasteiger partial charge >= 0.3 is 5.97 Å². The molecule has 0 aliphatic carbocycles. The number of hydrogen-bond acceptors (Lipinski definition) is 4. The lowest BCUT2D eigenvalue weighted by molar-refractivity contribution is -0.157. The molecule has 2 N–H and O–H groups in total. The van der Waals surface area contributed by atoms with E-state index in [2.05, 4.69) is 0 Å². The lowest BCUT2D eigenvalue weighted by Gasteiger charge is -2.27. The summed E-state index contributed by atoms with van der Waals surface area (Å²) >= 11 is 0. The van der Waals surface area contributed by atoms with Crippen molar-refractivity contribution in [1.29, 1.82) is 0 Å². The van der Waals surface area contributed by atoms with Gasteiger partial charge in [0, 0.05) is 19.1 Å². The van der Waals surface area contributed by atoms with Crippen LogP contribution in [0.1, 0.15) is 12.8 Å². The molecule has 1 rings (SSSR count). The third kappa shape index (κ3) is 3.25. The Balaban J connectivity index is 2.43. The number of aliphatic hydroxyl groups excluding tert-OH is 1. The van der Waals surface area contributed by atoms with Crippen molar-refractivity contribution < 1.29 is 24.5 Å². The number of ether oxygens (including phenoxy) is 2. The lowest BCUT2D eigenvalue weighted by atomic mass is 9.94. The first-order valence-electron chi connectivity index (χ1n) is 4.78. The highest BCUT2D eigenvalue weighted by Gasteiger charge is 2.30. The van der Waals surface area contributed by atoms with Gasteiger partial charge in [0.15, 0.2) is 6.10 Å². The van der Waals surface area contributed by atoms with Crippen LogP contribution in [-0.2, 0) is 14.3 Å². The molecule has 0 saturated carbocycles. The van der Waals surface area contributed by atoms with Crippen molar-refractivity contribution in [2.24, 2.45) is 5.92 Å². The van der Waals surface area contributed by atoms with Crippen molar-refractivity contribution in [3.63, 3.8) is 0 Å². The topological polar surface area (TPSA) is 76.0 Å². The Morgan fingerprint density at radius 1 is 1.50 bits per heavy atom. The number of carboxylic acid groups (broad SMARTS) is 1. The summed E-state index contributed by atoms with van der Waals surface area (Å²) in [7, 11) is 0. The Morgan fingerprint density at radius 2 is 2.14 bits per heavy atom. The fourth-order valence-corrected chi connectivity index (χ4v) is 1.61. The molecule has 0 aromatic heterocycles. The van der Waals surface area contributed by atoms with Crippen LogP contribution in [0.25, 0.3) is 0 Å². The summed E-state index contributed by atoms with van der Waals surface area (Å²) in [6.45, 7) is 1.12. The summed E-state index contributed by atoms with van der Waals surface area (Å²) in [5, 5.41) is 17.5. The second-order valence-corrected chi connectivity index (χ2v) is 3.30. The van der Waals surface area contributed by atoms with Gasteiger partial charge < -0.3 is 19.7 Å². The lowest BCUT2D eigenvalue weighted by Crippen LogP contribution is -2.36. The van der Waals surface area contributed by atoms with Crippen LogP contribution in [0.15, 0.2) is 0 Å².